The minimum atomic E-state index is 0.0249. The monoisotopic (exact) mass is 254 g/mol. The highest BCUT2D eigenvalue weighted by Crippen LogP contribution is 2.35. The number of rotatable bonds is 2. The van der Waals surface area contributed by atoms with Crippen LogP contribution in [0.15, 0.2) is 48.5 Å². The van der Waals surface area contributed by atoms with Crippen molar-refractivity contribution in [3.05, 3.63) is 65.2 Å². The lowest BCUT2D eigenvalue weighted by Crippen LogP contribution is -2.15. The zero-order valence-electron chi connectivity index (χ0n) is 12.1. The van der Waals surface area contributed by atoms with Crippen LogP contribution in [-0.2, 0) is 5.41 Å². The quantitative estimate of drug-likeness (QED) is 0.813. The van der Waals surface area contributed by atoms with Crippen molar-refractivity contribution in [1.29, 1.82) is 0 Å². The van der Waals surface area contributed by atoms with Gasteiger partial charge in [0.05, 0.1) is 0 Å². The summed E-state index contributed by atoms with van der Waals surface area (Å²) < 4.78 is 0. The van der Waals surface area contributed by atoms with E-state index in [9.17, 15) is 5.11 Å². The van der Waals surface area contributed by atoms with E-state index in [-0.39, 0.29) is 5.41 Å². The van der Waals surface area contributed by atoms with Gasteiger partial charge in [0.2, 0.25) is 0 Å². The molecular weight excluding hydrogens is 232 g/mol. The lowest BCUT2D eigenvalue weighted by Gasteiger charge is -2.26. The number of aromatic hydroxyl groups is 1. The average molecular weight is 254 g/mol. The Bertz CT molecular complexity index is 550. The Hall–Kier alpha value is -1.76. The summed E-state index contributed by atoms with van der Waals surface area (Å²) >= 11 is 0. The molecule has 0 aliphatic carbocycles. The molecule has 0 saturated carbocycles. The van der Waals surface area contributed by atoms with Crippen molar-refractivity contribution < 1.29 is 5.11 Å². The van der Waals surface area contributed by atoms with Crippen LogP contribution >= 0.6 is 0 Å². The average Bonchev–Trinajstić information content (AvgIpc) is 2.38. The van der Waals surface area contributed by atoms with Crippen LogP contribution in [0.4, 0.5) is 0 Å². The second-order valence-corrected chi connectivity index (χ2v) is 6.15. The normalized spacial score (nSPS) is 13.3. The number of hydrogen-bond acceptors (Lipinski definition) is 1. The highest BCUT2D eigenvalue weighted by Gasteiger charge is 2.22. The van der Waals surface area contributed by atoms with Crippen molar-refractivity contribution >= 4 is 0 Å². The molecule has 1 N–H and O–H groups in total. The van der Waals surface area contributed by atoms with Gasteiger partial charge in [-0.05, 0) is 34.2 Å². The molecule has 0 amide bonds. The first-order chi connectivity index (χ1) is 8.89. The molecule has 100 valence electrons. The molecule has 1 unspecified atom stereocenters. The van der Waals surface area contributed by atoms with Gasteiger partial charge in [-0.3, -0.25) is 0 Å². The third kappa shape index (κ3) is 2.98. The molecule has 0 aromatic heterocycles. The topological polar surface area (TPSA) is 20.2 Å². The van der Waals surface area contributed by atoms with Gasteiger partial charge in [-0.1, -0.05) is 64.1 Å². The molecule has 19 heavy (non-hydrogen) atoms. The van der Waals surface area contributed by atoms with Crippen LogP contribution in [0.25, 0.3) is 0 Å². The molecule has 1 nitrogen and oxygen atoms in total. The fraction of sp³-hybridized carbons (Fsp3) is 0.333. The standard InChI is InChI=1S/C18H22O/c1-13(14-8-6-5-7-9-14)16-11-10-15(19)12-17(16)18(2,3)4/h5-13,19H,1-4H3. The van der Waals surface area contributed by atoms with E-state index in [1.807, 2.05) is 18.2 Å². The fourth-order valence-electron chi connectivity index (χ4n) is 2.49. The Morgan fingerprint density at radius 3 is 2.16 bits per heavy atom. The lowest BCUT2D eigenvalue weighted by molar-refractivity contribution is 0.470. The summed E-state index contributed by atoms with van der Waals surface area (Å²) in [6, 6.07) is 16.2. The van der Waals surface area contributed by atoms with Gasteiger partial charge in [-0.25, -0.2) is 0 Å². The molecule has 0 fully saturated rings. The second-order valence-electron chi connectivity index (χ2n) is 6.15. The van der Waals surface area contributed by atoms with Crippen LogP contribution in [0.5, 0.6) is 5.75 Å². The van der Waals surface area contributed by atoms with Crippen LogP contribution in [-0.4, -0.2) is 5.11 Å². The van der Waals surface area contributed by atoms with E-state index in [4.69, 9.17) is 0 Å². The molecule has 0 aliphatic rings. The van der Waals surface area contributed by atoms with Crippen LogP contribution < -0.4 is 0 Å². The summed E-state index contributed by atoms with van der Waals surface area (Å²) in [5.41, 5.74) is 3.83. The SMILES string of the molecule is CC(c1ccccc1)c1ccc(O)cc1C(C)(C)C. The van der Waals surface area contributed by atoms with Gasteiger partial charge in [-0.15, -0.1) is 0 Å². The Morgan fingerprint density at radius 2 is 1.58 bits per heavy atom. The van der Waals surface area contributed by atoms with Crippen LogP contribution in [0, 0.1) is 0 Å². The highest BCUT2D eigenvalue weighted by molar-refractivity contribution is 5.44. The molecule has 2 aromatic carbocycles. The molecule has 0 bridgehead atoms. The molecule has 2 aromatic rings. The van der Waals surface area contributed by atoms with Gasteiger partial charge in [-0.2, -0.15) is 0 Å². The van der Waals surface area contributed by atoms with E-state index >= 15 is 0 Å². The first-order valence-electron chi connectivity index (χ1n) is 6.78. The largest absolute Gasteiger partial charge is 0.508 e. The van der Waals surface area contributed by atoms with Gasteiger partial charge in [0, 0.05) is 5.92 Å². The van der Waals surface area contributed by atoms with E-state index in [2.05, 4.69) is 52.0 Å². The van der Waals surface area contributed by atoms with E-state index < -0.39 is 0 Å². The third-order valence-electron chi connectivity index (χ3n) is 3.61. The number of hydrogen-bond donors (Lipinski definition) is 1. The minimum Gasteiger partial charge on any atom is -0.508 e. The number of benzene rings is 2. The molecule has 0 radical (unpaired) electrons. The Kier molecular flexibility index (Phi) is 3.66. The molecule has 0 saturated heterocycles. The van der Waals surface area contributed by atoms with E-state index in [1.54, 1.807) is 6.07 Å². The fourth-order valence-corrected chi connectivity index (χ4v) is 2.49. The van der Waals surface area contributed by atoms with Crippen molar-refractivity contribution in [2.24, 2.45) is 0 Å². The molecule has 0 heterocycles. The molecule has 1 atom stereocenters. The van der Waals surface area contributed by atoms with E-state index in [0.29, 0.717) is 11.7 Å². The smallest absolute Gasteiger partial charge is 0.115 e. The lowest BCUT2D eigenvalue weighted by atomic mass is 9.78. The maximum absolute atomic E-state index is 9.75. The maximum Gasteiger partial charge on any atom is 0.115 e. The van der Waals surface area contributed by atoms with Crippen molar-refractivity contribution in [3.63, 3.8) is 0 Å². The zero-order valence-corrected chi connectivity index (χ0v) is 12.1. The van der Waals surface area contributed by atoms with Crippen molar-refractivity contribution in [2.75, 3.05) is 0 Å². The number of phenols is 1. The molecule has 2 rings (SSSR count). The van der Waals surface area contributed by atoms with Gasteiger partial charge in [0.25, 0.3) is 0 Å². The first-order valence-corrected chi connectivity index (χ1v) is 6.78. The van der Waals surface area contributed by atoms with Crippen LogP contribution in [0.1, 0.15) is 50.3 Å². The summed E-state index contributed by atoms with van der Waals surface area (Å²) in [6.45, 7) is 8.77. The van der Waals surface area contributed by atoms with E-state index in [0.717, 1.165) is 0 Å². The Morgan fingerprint density at radius 1 is 0.947 bits per heavy atom. The van der Waals surface area contributed by atoms with E-state index in [1.165, 1.54) is 16.7 Å². The predicted molar refractivity (Wildman–Crippen MR) is 80.8 cm³/mol. The van der Waals surface area contributed by atoms with Gasteiger partial charge < -0.3 is 5.11 Å². The molecule has 0 spiro atoms. The van der Waals surface area contributed by atoms with Crippen LogP contribution in [0.2, 0.25) is 0 Å². The summed E-state index contributed by atoms with van der Waals surface area (Å²) in [4.78, 5) is 0. The Balaban J connectivity index is 2.51. The van der Waals surface area contributed by atoms with Gasteiger partial charge >= 0.3 is 0 Å². The summed E-state index contributed by atoms with van der Waals surface area (Å²) in [7, 11) is 0. The molecular formula is C18H22O. The van der Waals surface area contributed by atoms with Crippen molar-refractivity contribution in [3.8, 4) is 5.75 Å². The van der Waals surface area contributed by atoms with Crippen molar-refractivity contribution in [2.45, 2.75) is 39.0 Å². The summed E-state index contributed by atoms with van der Waals surface area (Å²) in [5, 5.41) is 9.75. The minimum absolute atomic E-state index is 0.0249. The highest BCUT2D eigenvalue weighted by atomic mass is 16.3. The van der Waals surface area contributed by atoms with Crippen LogP contribution in [0.3, 0.4) is 0 Å². The Labute approximate surface area is 115 Å². The summed E-state index contributed by atoms with van der Waals surface area (Å²) in [5.74, 6) is 0.671. The predicted octanol–water partition coefficient (Wildman–Crippen LogP) is 4.84. The first kappa shape index (κ1) is 13.7. The second kappa shape index (κ2) is 5.08. The van der Waals surface area contributed by atoms with Gasteiger partial charge in [0.1, 0.15) is 5.75 Å². The number of phenolic OH excluding ortho intramolecular Hbond substituents is 1. The summed E-state index contributed by atoms with van der Waals surface area (Å²) in [6.07, 6.45) is 0. The third-order valence-corrected chi connectivity index (χ3v) is 3.61. The molecule has 0 aliphatic heterocycles. The van der Waals surface area contributed by atoms with Gasteiger partial charge in [0.15, 0.2) is 0 Å². The zero-order chi connectivity index (χ0) is 14.0. The molecule has 1 heteroatoms. The van der Waals surface area contributed by atoms with Crippen molar-refractivity contribution in [1.82, 2.24) is 0 Å². The maximum atomic E-state index is 9.75.